The number of hydrogen-bond donors (Lipinski definition) is 2. The van der Waals surface area contributed by atoms with Crippen LogP contribution in [0.2, 0.25) is 0 Å². The maximum absolute atomic E-state index is 10.9. The summed E-state index contributed by atoms with van der Waals surface area (Å²) in [5.74, 6) is 0.275. The summed E-state index contributed by atoms with van der Waals surface area (Å²) in [5.41, 5.74) is 10.9. The van der Waals surface area contributed by atoms with Gasteiger partial charge in [-0.3, -0.25) is 9.48 Å². The molecule has 1 heterocycles. The number of amides is 1. The highest BCUT2D eigenvalue weighted by Gasteiger charge is 2.10. The quantitative estimate of drug-likeness (QED) is 0.739. The number of primary amides is 1. The van der Waals surface area contributed by atoms with Crippen molar-refractivity contribution in [2.45, 2.75) is 26.8 Å². The van der Waals surface area contributed by atoms with Gasteiger partial charge in [-0.05, 0) is 12.3 Å². The standard InChI is InChI=1S/C9H16N4O/c1-6(2)3-4-13-5-7(9(11)14)8(10)12-13/h5-6H,3-4H2,1-2H3,(H2,10,12)(H2,11,14). The number of nitrogen functional groups attached to an aromatic ring is 1. The van der Waals surface area contributed by atoms with Crippen LogP contribution in [0.4, 0.5) is 5.82 Å². The number of nitrogens with two attached hydrogens (primary N) is 2. The average molecular weight is 196 g/mol. The highest BCUT2D eigenvalue weighted by molar-refractivity contribution is 5.96. The number of carbonyl (C=O) groups is 1. The molecule has 1 aromatic rings. The Bertz CT molecular complexity index is 330. The summed E-state index contributed by atoms with van der Waals surface area (Å²) < 4.78 is 1.66. The minimum Gasteiger partial charge on any atom is -0.382 e. The monoisotopic (exact) mass is 196 g/mol. The van der Waals surface area contributed by atoms with Crippen LogP contribution in [0, 0.1) is 5.92 Å². The molecule has 0 aliphatic carbocycles. The van der Waals surface area contributed by atoms with Gasteiger partial charge in [0.15, 0.2) is 5.82 Å². The van der Waals surface area contributed by atoms with Crippen molar-refractivity contribution in [2.75, 3.05) is 5.73 Å². The second-order valence-corrected chi connectivity index (χ2v) is 3.74. The summed E-state index contributed by atoms with van der Waals surface area (Å²) in [5, 5.41) is 4.00. The Kier molecular flexibility index (Phi) is 3.11. The van der Waals surface area contributed by atoms with E-state index >= 15 is 0 Å². The smallest absolute Gasteiger partial charge is 0.254 e. The summed E-state index contributed by atoms with van der Waals surface area (Å²) in [6.07, 6.45) is 2.60. The predicted octanol–water partition coefficient (Wildman–Crippen LogP) is 0.610. The lowest BCUT2D eigenvalue weighted by atomic mass is 10.1. The zero-order valence-corrected chi connectivity index (χ0v) is 8.53. The number of aryl methyl sites for hydroxylation is 1. The van der Waals surface area contributed by atoms with Gasteiger partial charge in [0.1, 0.15) is 5.56 Å². The first-order valence-corrected chi connectivity index (χ1v) is 4.63. The van der Waals surface area contributed by atoms with E-state index in [-0.39, 0.29) is 5.82 Å². The summed E-state index contributed by atoms with van der Waals surface area (Å²) >= 11 is 0. The first-order chi connectivity index (χ1) is 6.50. The van der Waals surface area contributed by atoms with E-state index in [1.807, 2.05) is 0 Å². The highest BCUT2D eigenvalue weighted by atomic mass is 16.1. The highest BCUT2D eigenvalue weighted by Crippen LogP contribution is 2.09. The lowest BCUT2D eigenvalue weighted by molar-refractivity contribution is 0.100. The second-order valence-electron chi connectivity index (χ2n) is 3.74. The molecule has 0 radical (unpaired) electrons. The first kappa shape index (κ1) is 10.6. The minimum atomic E-state index is -0.529. The van der Waals surface area contributed by atoms with E-state index in [0.29, 0.717) is 11.5 Å². The summed E-state index contributed by atoms with van der Waals surface area (Å²) in [4.78, 5) is 10.9. The van der Waals surface area contributed by atoms with E-state index in [1.54, 1.807) is 10.9 Å². The van der Waals surface area contributed by atoms with Crippen LogP contribution in [-0.2, 0) is 6.54 Å². The van der Waals surface area contributed by atoms with Crippen LogP contribution < -0.4 is 11.5 Å². The number of hydrogen-bond acceptors (Lipinski definition) is 3. The van der Waals surface area contributed by atoms with Crippen molar-refractivity contribution in [2.24, 2.45) is 11.7 Å². The van der Waals surface area contributed by atoms with Gasteiger partial charge in [-0.1, -0.05) is 13.8 Å². The van der Waals surface area contributed by atoms with E-state index in [0.717, 1.165) is 13.0 Å². The van der Waals surface area contributed by atoms with Crippen molar-refractivity contribution < 1.29 is 4.79 Å². The zero-order chi connectivity index (χ0) is 10.7. The number of nitrogens with zero attached hydrogens (tertiary/aromatic N) is 2. The SMILES string of the molecule is CC(C)CCn1cc(C(N)=O)c(N)n1. The van der Waals surface area contributed by atoms with Crippen molar-refractivity contribution in [3.05, 3.63) is 11.8 Å². The molecule has 1 rings (SSSR count). The Morgan fingerprint density at radius 1 is 1.64 bits per heavy atom. The van der Waals surface area contributed by atoms with Gasteiger partial charge in [-0.25, -0.2) is 0 Å². The third-order valence-electron chi connectivity index (χ3n) is 1.99. The molecule has 1 amide bonds. The average Bonchev–Trinajstić information content (AvgIpc) is 2.43. The molecule has 0 aliphatic rings. The summed E-state index contributed by atoms with van der Waals surface area (Å²) in [6.45, 7) is 5.01. The van der Waals surface area contributed by atoms with Crippen molar-refractivity contribution in [1.29, 1.82) is 0 Å². The van der Waals surface area contributed by atoms with Crippen molar-refractivity contribution >= 4 is 11.7 Å². The number of aromatic nitrogens is 2. The third-order valence-corrected chi connectivity index (χ3v) is 1.99. The number of carbonyl (C=O) groups excluding carboxylic acids is 1. The summed E-state index contributed by atoms with van der Waals surface area (Å²) in [7, 11) is 0. The number of rotatable bonds is 4. The van der Waals surface area contributed by atoms with Gasteiger partial charge >= 0.3 is 0 Å². The molecule has 78 valence electrons. The predicted molar refractivity (Wildman–Crippen MR) is 54.6 cm³/mol. The lowest BCUT2D eigenvalue weighted by Crippen LogP contribution is -2.11. The van der Waals surface area contributed by atoms with E-state index in [2.05, 4.69) is 18.9 Å². The topological polar surface area (TPSA) is 86.9 Å². The molecule has 0 bridgehead atoms. The Hall–Kier alpha value is -1.52. The molecule has 0 saturated heterocycles. The number of anilines is 1. The van der Waals surface area contributed by atoms with Gasteiger partial charge in [0, 0.05) is 12.7 Å². The Balaban J connectivity index is 2.71. The Labute approximate surface area is 83.1 Å². The lowest BCUT2D eigenvalue weighted by Gasteiger charge is -2.03. The third kappa shape index (κ3) is 2.48. The normalized spacial score (nSPS) is 10.8. The molecular formula is C9H16N4O. The molecule has 0 aromatic carbocycles. The fraction of sp³-hybridized carbons (Fsp3) is 0.556. The fourth-order valence-electron chi connectivity index (χ4n) is 1.13. The van der Waals surface area contributed by atoms with Gasteiger partial charge in [-0.15, -0.1) is 0 Å². The molecule has 5 heteroatoms. The largest absolute Gasteiger partial charge is 0.382 e. The van der Waals surface area contributed by atoms with Gasteiger partial charge in [0.05, 0.1) is 0 Å². The summed E-state index contributed by atoms with van der Waals surface area (Å²) in [6, 6.07) is 0. The Morgan fingerprint density at radius 3 is 2.71 bits per heavy atom. The zero-order valence-electron chi connectivity index (χ0n) is 8.53. The molecule has 4 N–H and O–H groups in total. The van der Waals surface area contributed by atoms with Crippen molar-refractivity contribution in [1.82, 2.24) is 9.78 Å². The van der Waals surface area contributed by atoms with E-state index in [9.17, 15) is 4.79 Å². The van der Waals surface area contributed by atoms with Crippen LogP contribution in [0.1, 0.15) is 30.6 Å². The molecular weight excluding hydrogens is 180 g/mol. The van der Waals surface area contributed by atoms with Crippen LogP contribution in [0.25, 0.3) is 0 Å². The van der Waals surface area contributed by atoms with Crippen LogP contribution in [0.3, 0.4) is 0 Å². The second kappa shape index (κ2) is 4.13. The molecule has 0 saturated carbocycles. The van der Waals surface area contributed by atoms with E-state index in [1.165, 1.54) is 0 Å². The van der Waals surface area contributed by atoms with Crippen molar-refractivity contribution in [3.8, 4) is 0 Å². The van der Waals surface area contributed by atoms with E-state index in [4.69, 9.17) is 11.5 Å². The van der Waals surface area contributed by atoms with Crippen LogP contribution in [0.15, 0.2) is 6.20 Å². The minimum absolute atomic E-state index is 0.209. The molecule has 14 heavy (non-hydrogen) atoms. The molecule has 0 atom stereocenters. The first-order valence-electron chi connectivity index (χ1n) is 4.63. The maximum atomic E-state index is 10.9. The molecule has 0 aliphatic heterocycles. The molecule has 1 aromatic heterocycles. The van der Waals surface area contributed by atoms with Gasteiger partial charge in [0.2, 0.25) is 0 Å². The van der Waals surface area contributed by atoms with E-state index < -0.39 is 5.91 Å². The maximum Gasteiger partial charge on any atom is 0.254 e. The fourth-order valence-corrected chi connectivity index (χ4v) is 1.13. The molecule has 0 spiro atoms. The van der Waals surface area contributed by atoms with Crippen LogP contribution >= 0.6 is 0 Å². The Morgan fingerprint density at radius 2 is 2.29 bits per heavy atom. The van der Waals surface area contributed by atoms with Crippen LogP contribution in [-0.4, -0.2) is 15.7 Å². The van der Waals surface area contributed by atoms with Crippen LogP contribution in [0.5, 0.6) is 0 Å². The van der Waals surface area contributed by atoms with Gasteiger partial charge < -0.3 is 11.5 Å². The van der Waals surface area contributed by atoms with Gasteiger partial charge in [0.25, 0.3) is 5.91 Å². The van der Waals surface area contributed by atoms with Gasteiger partial charge in [-0.2, -0.15) is 5.10 Å². The molecule has 0 fully saturated rings. The van der Waals surface area contributed by atoms with Crippen molar-refractivity contribution in [3.63, 3.8) is 0 Å². The molecule has 5 nitrogen and oxygen atoms in total. The molecule has 0 unspecified atom stereocenters.